The molecule has 112 valence electrons. The lowest BCUT2D eigenvalue weighted by Crippen LogP contribution is -2.37. The lowest BCUT2D eigenvalue weighted by molar-refractivity contribution is 0.151. The first-order chi connectivity index (χ1) is 9.43. The zero-order chi connectivity index (χ0) is 15.0. The zero-order valence-electron chi connectivity index (χ0n) is 11.6. The van der Waals surface area contributed by atoms with Gasteiger partial charge in [-0.1, -0.05) is 0 Å². The molecule has 1 amide bonds. The molecule has 1 rings (SSSR count). The smallest absolute Gasteiger partial charge is 0.407 e. The van der Waals surface area contributed by atoms with Crippen LogP contribution in [0.5, 0.6) is 0 Å². The molecule has 0 aliphatic heterocycles. The van der Waals surface area contributed by atoms with Gasteiger partial charge in [0.2, 0.25) is 10.0 Å². The largest absolute Gasteiger partial charge is 0.450 e. The van der Waals surface area contributed by atoms with Crippen molar-refractivity contribution in [1.29, 1.82) is 0 Å². The highest BCUT2D eigenvalue weighted by molar-refractivity contribution is 7.88. The summed E-state index contributed by atoms with van der Waals surface area (Å²) in [6, 6.07) is 3.49. The van der Waals surface area contributed by atoms with Crippen molar-refractivity contribution in [3.8, 4) is 0 Å². The normalized spacial score (nSPS) is 11.3. The van der Waals surface area contributed by atoms with Gasteiger partial charge in [0.05, 0.1) is 12.9 Å². The quantitative estimate of drug-likeness (QED) is 0.796. The van der Waals surface area contributed by atoms with Gasteiger partial charge in [-0.15, -0.1) is 0 Å². The van der Waals surface area contributed by atoms with Gasteiger partial charge >= 0.3 is 6.09 Å². The van der Waals surface area contributed by atoms with Crippen LogP contribution in [0.15, 0.2) is 24.5 Å². The Morgan fingerprint density at radius 3 is 2.60 bits per heavy atom. The minimum atomic E-state index is -3.35. The maximum absolute atomic E-state index is 11.7. The van der Waals surface area contributed by atoms with Crippen molar-refractivity contribution >= 4 is 16.1 Å². The number of carbonyl (C=O) groups excluding carboxylic acids is 1. The molecule has 1 aromatic rings. The van der Waals surface area contributed by atoms with Gasteiger partial charge in [-0.05, 0) is 24.6 Å². The summed E-state index contributed by atoms with van der Waals surface area (Å²) in [5.74, 6) is 0. The van der Waals surface area contributed by atoms with Crippen molar-refractivity contribution in [2.45, 2.75) is 13.5 Å². The van der Waals surface area contributed by atoms with Gasteiger partial charge in [0, 0.05) is 32.0 Å². The number of rotatable bonds is 7. The second-order valence-electron chi connectivity index (χ2n) is 4.10. The average Bonchev–Trinajstić information content (AvgIpc) is 2.38. The van der Waals surface area contributed by atoms with Crippen LogP contribution in [0.3, 0.4) is 0 Å². The Kier molecular flexibility index (Phi) is 6.40. The molecule has 7 nitrogen and oxygen atoms in total. The number of nitrogens with zero attached hydrogens (tertiary/aromatic N) is 2. The maximum Gasteiger partial charge on any atom is 0.407 e. The Morgan fingerprint density at radius 1 is 1.40 bits per heavy atom. The number of nitrogens with one attached hydrogen (secondary N) is 1. The molecule has 0 saturated heterocycles. The average molecular weight is 301 g/mol. The summed E-state index contributed by atoms with van der Waals surface area (Å²) in [4.78, 5) is 15.0. The molecule has 1 N–H and O–H groups in total. The van der Waals surface area contributed by atoms with Crippen LogP contribution < -0.4 is 5.32 Å². The Labute approximate surface area is 119 Å². The molecule has 0 radical (unpaired) electrons. The van der Waals surface area contributed by atoms with Crippen LogP contribution in [0.25, 0.3) is 0 Å². The first-order valence-corrected chi connectivity index (χ1v) is 8.03. The molecule has 0 aliphatic carbocycles. The van der Waals surface area contributed by atoms with Gasteiger partial charge in [0.15, 0.2) is 0 Å². The minimum absolute atomic E-state index is 0.181. The second-order valence-corrected chi connectivity index (χ2v) is 6.08. The van der Waals surface area contributed by atoms with Crippen LogP contribution in [0, 0.1) is 0 Å². The first kappa shape index (κ1) is 16.4. The van der Waals surface area contributed by atoms with E-state index in [2.05, 4.69) is 10.3 Å². The molecule has 0 fully saturated rings. The van der Waals surface area contributed by atoms with Crippen LogP contribution in [-0.2, 0) is 21.3 Å². The lowest BCUT2D eigenvalue weighted by Gasteiger charge is -2.20. The maximum atomic E-state index is 11.7. The minimum Gasteiger partial charge on any atom is -0.450 e. The van der Waals surface area contributed by atoms with E-state index in [1.54, 1.807) is 31.5 Å². The number of alkyl carbamates (subject to hydrolysis) is 1. The fourth-order valence-corrected chi connectivity index (χ4v) is 2.33. The van der Waals surface area contributed by atoms with E-state index < -0.39 is 16.1 Å². The molecule has 1 aromatic heterocycles. The van der Waals surface area contributed by atoms with E-state index in [4.69, 9.17) is 4.74 Å². The molecule has 1 heterocycles. The molecule has 8 heteroatoms. The third kappa shape index (κ3) is 5.98. The number of hydrogen-bond acceptors (Lipinski definition) is 5. The molecule has 0 unspecified atom stereocenters. The summed E-state index contributed by atoms with van der Waals surface area (Å²) < 4.78 is 29.4. The van der Waals surface area contributed by atoms with Gasteiger partial charge in [-0.2, -0.15) is 4.31 Å². The van der Waals surface area contributed by atoms with Crippen LogP contribution in [0.1, 0.15) is 12.5 Å². The van der Waals surface area contributed by atoms with E-state index >= 15 is 0 Å². The van der Waals surface area contributed by atoms with Crippen LogP contribution in [0.2, 0.25) is 0 Å². The number of aromatic nitrogens is 1. The standard InChI is InChI=1S/C12H19N3O4S/c1-3-19-12(16)14-8-9-15(20(2,17)18)10-11-4-6-13-7-5-11/h4-7H,3,8-10H2,1-2H3,(H,14,16). The van der Waals surface area contributed by atoms with Crippen LogP contribution in [0.4, 0.5) is 4.79 Å². The van der Waals surface area contributed by atoms with Gasteiger partial charge in [-0.25, -0.2) is 13.2 Å². The summed E-state index contributed by atoms with van der Waals surface area (Å²) in [6.45, 7) is 2.59. The Balaban J connectivity index is 2.56. The number of pyridine rings is 1. The summed E-state index contributed by atoms with van der Waals surface area (Å²) >= 11 is 0. The lowest BCUT2D eigenvalue weighted by atomic mass is 10.3. The van der Waals surface area contributed by atoms with E-state index in [-0.39, 0.29) is 26.2 Å². The van der Waals surface area contributed by atoms with Crippen LogP contribution in [-0.4, -0.2) is 49.8 Å². The van der Waals surface area contributed by atoms with Crippen molar-refractivity contribution in [2.75, 3.05) is 26.0 Å². The summed E-state index contributed by atoms with van der Waals surface area (Å²) in [7, 11) is -3.35. The highest BCUT2D eigenvalue weighted by atomic mass is 32.2. The van der Waals surface area contributed by atoms with Gasteiger partial charge in [0.25, 0.3) is 0 Å². The number of amides is 1. The van der Waals surface area contributed by atoms with E-state index in [0.717, 1.165) is 11.8 Å². The summed E-state index contributed by atoms with van der Waals surface area (Å²) in [5.41, 5.74) is 0.835. The molecule has 0 spiro atoms. The number of hydrogen-bond donors (Lipinski definition) is 1. The Morgan fingerprint density at radius 2 is 2.05 bits per heavy atom. The fourth-order valence-electron chi connectivity index (χ4n) is 1.52. The van der Waals surface area contributed by atoms with Crippen molar-refractivity contribution in [2.24, 2.45) is 0 Å². The van der Waals surface area contributed by atoms with E-state index in [0.29, 0.717) is 0 Å². The first-order valence-electron chi connectivity index (χ1n) is 6.18. The van der Waals surface area contributed by atoms with E-state index in [1.807, 2.05) is 0 Å². The summed E-state index contributed by atoms with van der Waals surface area (Å²) in [5, 5.41) is 2.49. The van der Waals surface area contributed by atoms with Crippen molar-refractivity contribution < 1.29 is 17.9 Å². The SMILES string of the molecule is CCOC(=O)NCCN(Cc1ccncc1)S(C)(=O)=O. The summed E-state index contributed by atoms with van der Waals surface area (Å²) in [6.07, 6.45) is 3.79. The fraction of sp³-hybridized carbons (Fsp3) is 0.500. The highest BCUT2D eigenvalue weighted by Gasteiger charge is 2.17. The van der Waals surface area contributed by atoms with Gasteiger partial charge < -0.3 is 10.1 Å². The number of ether oxygens (including phenoxy) is 1. The topological polar surface area (TPSA) is 88.6 Å². The van der Waals surface area contributed by atoms with Crippen LogP contribution >= 0.6 is 0 Å². The van der Waals surface area contributed by atoms with Crippen molar-refractivity contribution in [3.05, 3.63) is 30.1 Å². The molecule has 0 bridgehead atoms. The molecular weight excluding hydrogens is 282 g/mol. The molecule has 20 heavy (non-hydrogen) atoms. The van der Waals surface area contributed by atoms with E-state index in [1.165, 1.54) is 4.31 Å². The van der Waals surface area contributed by atoms with Crippen molar-refractivity contribution in [3.63, 3.8) is 0 Å². The van der Waals surface area contributed by atoms with Gasteiger partial charge in [0.1, 0.15) is 0 Å². The molecule has 0 aliphatic rings. The predicted molar refractivity (Wildman–Crippen MR) is 74.5 cm³/mol. The third-order valence-corrected chi connectivity index (χ3v) is 3.73. The monoisotopic (exact) mass is 301 g/mol. The highest BCUT2D eigenvalue weighted by Crippen LogP contribution is 2.06. The Hall–Kier alpha value is -1.67. The third-order valence-electron chi connectivity index (χ3n) is 2.48. The second kappa shape index (κ2) is 7.81. The number of sulfonamides is 1. The zero-order valence-corrected chi connectivity index (χ0v) is 12.4. The predicted octanol–water partition coefficient (Wildman–Crippen LogP) is 0.589. The molecule has 0 aromatic carbocycles. The molecular formula is C12H19N3O4S. The van der Waals surface area contributed by atoms with Gasteiger partial charge in [-0.3, -0.25) is 4.98 Å². The molecule has 0 saturated carbocycles. The van der Waals surface area contributed by atoms with E-state index in [9.17, 15) is 13.2 Å². The Bertz CT molecular complexity index is 519. The number of carbonyl (C=O) groups is 1. The molecule has 0 atom stereocenters. The van der Waals surface area contributed by atoms with Crippen molar-refractivity contribution in [1.82, 2.24) is 14.6 Å².